The van der Waals surface area contributed by atoms with E-state index in [-0.39, 0.29) is 30.4 Å². The Labute approximate surface area is 136 Å². The number of nitrogens with zero attached hydrogens (tertiary/aromatic N) is 2. The summed E-state index contributed by atoms with van der Waals surface area (Å²) in [5.74, 6) is -0.210. The van der Waals surface area contributed by atoms with Crippen molar-refractivity contribution >= 4 is 15.7 Å². The molecule has 0 N–H and O–H groups in total. The van der Waals surface area contributed by atoms with Crippen molar-refractivity contribution in [1.82, 2.24) is 0 Å². The first-order valence-corrected chi connectivity index (χ1v) is 9.02. The van der Waals surface area contributed by atoms with E-state index in [9.17, 15) is 21.6 Å². The van der Waals surface area contributed by atoms with Crippen molar-refractivity contribution in [3.63, 3.8) is 0 Å². The van der Waals surface area contributed by atoms with Crippen molar-refractivity contribution in [2.45, 2.75) is 36.5 Å². The fourth-order valence-electron chi connectivity index (χ4n) is 4.08. The van der Waals surface area contributed by atoms with Crippen LogP contribution in [0.1, 0.15) is 24.0 Å². The highest BCUT2D eigenvalue weighted by atomic mass is 32.2. The van der Waals surface area contributed by atoms with Crippen LogP contribution in [0.3, 0.4) is 0 Å². The molecule has 0 saturated carbocycles. The maximum atomic E-state index is 13.1. The van der Waals surface area contributed by atoms with Gasteiger partial charge in [-0.25, -0.2) is 8.42 Å². The van der Waals surface area contributed by atoms with Crippen LogP contribution in [0.25, 0.3) is 0 Å². The van der Waals surface area contributed by atoms with Gasteiger partial charge in [0.1, 0.15) is 5.25 Å². The molecular formula is C15H13F3N2O3S. The predicted molar refractivity (Wildman–Crippen MR) is 77.6 cm³/mol. The van der Waals surface area contributed by atoms with E-state index in [1.165, 1.54) is 12.1 Å². The summed E-state index contributed by atoms with van der Waals surface area (Å²) in [5.41, 5.74) is -1.68. The molecule has 4 rings (SSSR count). The molecule has 3 saturated heterocycles. The van der Waals surface area contributed by atoms with Gasteiger partial charge in [0.15, 0.2) is 0 Å². The number of hydrogen-bond donors (Lipinski definition) is 0. The third-order valence-electron chi connectivity index (χ3n) is 5.10. The maximum Gasteiger partial charge on any atom is 0.417 e. The molecule has 3 aliphatic rings. The average molecular weight is 358 g/mol. The van der Waals surface area contributed by atoms with E-state index in [0.717, 1.165) is 22.9 Å². The van der Waals surface area contributed by atoms with Crippen LogP contribution in [0.4, 0.5) is 18.9 Å². The molecule has 3 fully saturated rings. The summed E-state index contributed by atoms with van der Waals surface area (Å²) < 4.78 is 71.6. The molecule has 24 heavy (non-hydrogen) atoms. The first kappa shape index (κ1) is 15.7. The average Bonchev–Trinajstić information content (AvgIpc) is 3.18. The molecule has 0 spiro atoms. The lowest BCUT2D eigenvalue weighted by molar-refractivity contribution is -0.137. The number of anilines is 1. The second kappa shape index (κ2) is 4.86. The van der Waals surface area contributed by atoms with Gasteiger partial charge < -0.3 is 4.74 Å². The fourth-order valence-corrected chi connectivity index (χ4v) is 6.45. The third-order valence-corrected chi connectivity index (χ3v) is 7.41. The lowest BCUT2D eigenvalue weighted by Gasteiger charge is -2.22. The van der Waals surface area contributed by atoms with Crippen LogP contribution >= 0.6 is 0 Å². The lowest BCUT2D eigenvalue weighted by Crippen LogP contribution is -2.36. The zero-order valence-electron chi connectivity index (χ0n) is 12.3. The van der Waals surface area contributed by atoms with Crippen molar-refractivity contribution in [2.24, 2.45) is 5.92 Å². The topological polar surface area (TPSA) is 70.4 Å². The Kier molecular flexibility index (Phi) is 3.19. The van der Waals surface area contributed by atoms with Gasteiger partial charge in [-0.15, -0.1) is 0 Å². The van der Waals surface area contributed by atoms with Gasteiger partial charge in [0.25, 0.3) is 0 Å². The first-order chi connectivity index (χ1) is 11.2. The normalized spacial score (nSPS) is 33.5. The highest BCUT2D eigenvalue weighted by molar-refractivity contribution is 7.93. The van der Waals surface area contributed by atoms with Crippen LogP contribution in [-0.4, -0.2) is 32.4 Å². The standard InChI is InChI=1S/C15H13F3N2O3S/c16-15(17,18)11-5-9(2-1-8(11)6-19)20-7-10-12-3-4-13(23-12)14(10)24(20,21)22/h1-2,5,10,12-14H,3-4,7H2/t10-,12-,13?,14-/m0/s1. The third kappa shape index (κ3) is 2.06. The van der Waals surface area contributed by atoms with Crippen LogP contribution in [-0.2, 0) is 20.9 Å². The molecule has 3 heterocycles. The van der Waals surface area contributed by atoms with E-state index in [2.05, 4.69) is 0 Å². The number of nitriles is 1. The molecule has 0 radical (unpaired) electrons. The van der Waals surface area contributed by atoms with Crippen LogP contribution in [0.5, 0.6) is 0 Å². The van der Waals surface area contributed by atoms with Crippen molar-refractivity contribution < 1.29 is 26.3 Å². The number of rotatable bonds is 1. The molecule has 128 valence electrons. The quantitative estimate of drug-likeness (QED) is 0.772. The lowest BCUT2D eigenvalue weighted by atomic mass is 9.89. The molecule has 3 aliphatic heterocycles. The number of alkyl halides is 3. The maximum absolute atomic E-state index is 13.1. The minimum Gasteiger partial charge on any atom is -0.373 e. The van der Waals surface area contributed by atoms with Gasteiger partial charge in [-0.3, -0.25) is 4.31 Å². The van der Waals surface area contributed by atoms with Crippen LogP contribution in [0, 0.1) is 17.2 Å². The molecule has 1 aromatic rings. The van der Waals surface area contributed by atoms with E-state index in [1.807, 2.05) is 0 Å². The smallest absolute Gasteiger partial charge is 0.373 e. The molecule has 0 amide bonds. The van der Waals surface area contributed by atoms with Gasteiger partial charge in [-0.2, -0.15) is 18.4 Å². The summed E-state index contributed by atoms with van der Waals surface area (Å²) in [5, 5.41) is 8.17. The van der Waals surface area contributed by atoms with Gasteiger partial charge in [0, 0.05) is 12.5 Å². The van der Waals surface area contributed by atoms with Gasteiger partial charge in [-0.1, -0.05) is 0 Å². The molecule has 0 aliphatic carbocycles. The summed E-state index contributed by atoms with van der Waals surface area (Å²) in [4.78, 5) is 0. The van der Waals surface area contributed by atoms with E-state index >= 15 is 0 Å². The SMILES string of the molecule is N#Cc1ccc(N2C[C@H]3[C@@H]4CCC(O4)[C@H]3S2(=O)=O)cc1C(F)(F)F. The monoisotopic (exact) mass is 358 g/mol. The molecule has 9 heteroatoms. The Balaban J connectivity index is 1.77. The van der Waals surface area contributed by atoms with E-state index in [0.29, 0.717) is 6.42 Å². The first-order valence-electron chi connectivity index (χ1n) is 7.52. The van der Waals surface area contributed by atoms with Crippen LogP contribution in [0.2, 0.25) is 0 Å². The minimum atomic E-state index is -4.72. The van der Waals surface area contributed by atoms with Gasteiger partial charge in [0.05, 0.1) is 35.1 Å². The molecular weight excluding hydrogens is 345 g/mol. The Morgan fingerprint density at radius 3 is 2.58 bits per heavy atom. The van der Waals surface area contributed by atoms with Crippen LogP contribution in [0.15, 0.2) is 18.2 Å². The summed E-state index contributed by atoms with van der Waals surface area (Å²) in [6.07, 6.45) is -3.77. The highest BCUT2D eigenvalue weighted by Crippen LogP contribution is 2.49. The van der Waals surface area contributed by atoms with E-state index < -0.39 is 32.6 Å². The fraction of sp³-hybridized carbons (Fsp3) is 0.533. The summed E-state index contributed by atoms with van der Waals surface area (Å²) >= 11 is 0. The van der Waals surface area contributed by atoms with Gasteiger partial charge >= 0.3 is 6.18 Å². The van der Waals surface area contributed by atoms with Gasteiger partial charge in [-0.05, 0) is 31.0 Å². The van der Waals surface area contributed by atoms with Crippen LogP contribution < -0.4 is 4.31 Å². The minimum absolute atomic E-state index is 0.0462. The summed E-state index contributed by atoms with van der Waals surface area (Å²) in [6, 6.07) is 4.53. The van der Waals surface area contributed by atoms with Crippen molar-refractivity contribution in [2.75, 3.05) is 10.8 Å². The molecule has 0 aromatic heterocycles. The molecule has 5 nitrogen and oxygen atoms in total. The number of sulfonamides is 1. The Morgan fingerprint density at radius 1 is 1.25 bits per heavy atom. The zero-order valence-corrected chi connectivity index (χ0v) is 13.1. The molecule has 1 aromatic carbocycles. The van der Waals surface area contributed by atoms with Crippen molar-refractivity contribution in [3.8, 4) is 6.07 Å². The highest BCUT2D eigenvalue weighted by Gasteiger charge is 2.61. The number of hydrogen-bond acceptors (Lipinski definition) is 4. The van der Waals surface area contributed by atoms with E-state index in [1.54, 1.807) is 0 Å². The Morgan fingerprint density at radius 2 is 1.96 bits per heavy atom. The zero-order chi connectivity index (χ0) is 17.3. The Hall–Kier alpha value is -1.79. The van der Waals surface area contributed by atoms with E-state index in [4.69, 9.17) is 10.00 Å². The number of halogens is 3. The van der Waals surface area contributed by atoms with Crippen molar-refractivity contribution in [3.05, 3.63) is 29.3 Å². The molecule has 2 bridgehead atoms. The van der Waals surface area contributed by atoms with Gasteiger partial charge in [0.2, 0.25) is 10.0 Å². The summed E-state index contributed by atoms with van der Waals surface area (Å²) in [6.45, 7) is 0.122. The Bertz CT molecular complexity index is 847. The summed E-state index contributed by atoms with van der Waals surface area (Å²) in [7, 11) is -3.77. The number of ether oxygens (including phenoxy) is 1. The molecule has 1 unspecified atom stereocenters. The number of benzene rings is 1. The second-order valence-electron chi connectivity index (χ2n) is 6.33. The molecule has 4 atom stereocenters. The second-order valence-corrected chi connectivity index (χ2v) is 8.35. The largest absolute Gasteiger partial charge is 0.417 e. The number of fused-ring (bicyclic) bond motifs is 5. The predicted octanol–water partition coefficient (Wildman–Crippen LogP) is 2.27. The van der Waals surface area contributed by atoms with Crippen molar-refractivity contribution in [1.29, 1.82) is 5.26 Å².